The van der Waals surface area contributed by atoms with Crippen LogP contribution >= 0.6 is 11.3 Å². The Labute approximate surface area is 316 Å². The van der Waals surface area contributed by atoms with Gasteiger partial charge < -0.3 is 5.11 Å². The predicted octanol–water partition coefficient (Wildman–Crippen LogP) is 13.6. The van der Waals surface area contributed by atoms with E-state index in [1.165, 1.54) is 21.2 Å². The van der Waals surface area contributed by atoms with Crippen molar-refractivity contribution in [1.82, 2.24) is 9.97 Å². The molecule has 0 saturated carbocycles. The summed E-state index contributed by atoms with van der Waals surface area (Å²) in [5, 5.41) is 14.4. The van der Waals surface area contributed by atoms with Gasteiger partial charge in [0.1, 0.15) is 11.6 Å². The smallest absolute Gasteiger partial charge is 0.137 e. The molecule has 5 aromatic carbocycles. The first-order chi connectivity index (χ1) is 25.5. The summed E-state index contributed by atoms with van der Waals surface area (Å²) in [4.78, 5) is 12.4. The normalized spacial score (nSPS) is 12.0. The first kappa shape index (κ1) is 34.3. The van der Waals surface area contributed by atoms with Gasteiger partial charge in [0.05, 0.1) is 16.1 Å². The van der Waals surface area contributed by atoms with Crippen molar-refractivity contribution in [3.05, 3.63) is 157 Å². The van der Waals surface area contributed by atoms with E-state index in [1.54, 1.807) is 11.3 Å². The van der Waals surface area contributed by atoms with Crippen LogP contribution in [-0.4, -0.2) is 15.1 Å². The lowest BCUT2D eigenvalue weighted by molar-refractivity contribution is 0.446. The van der Waals surface area contributed by atoms with E-state index in [4.69, 9.17) is 9.97 Å². The molecule has 0 spiro atoms. The number of nitrogens with zero attached hydrogens (tertiary/aromatic N) is 3. The molecule has 0 aliphatic rings. The zero-order valence-corrected chi connectivity index (χ0v) is 31.9. The summed E-state index contributed by atoms with van der Waals surface area (Å²) in [6.45, 7) is 13.1. The first-order valence-corrected chi connectivity index (χ1v) is 18.9. The minimum atomic E-state index is -0.264. The molecule has 0 aliphatic heterocycles. The van der Waals surface area contributed by atoms with Crippen molar-refractivity contribution >= 4 is 48.7 Å². The Bertz CT molecular complexity index is 2580. The van der Waals surface area contributed by atoms with Crippen LogP contribution in [0.15, 0.2) is 146 Å². The van der Waals surface area contributed by atoms with Crippen LogP contribution in [0.2, 0.25) is 0 Å². The molecule has 0 radical (unpaired) electrons. The Morgan fingerprint density at radius 2 is 1.28 bits per heavy atom. The number of hydrogen-bond donors (Lipinski definition) is 1. The predicted molar refractivity (Wildman–Crippen MR) is 225 cm³/mol. The minimum Gasteiger partial charge on any atom is -0.507 e. The van der Waals surface area contributed by atoms with Gasteiger partial charge in [0, 0.05) is 49.7 Å². The number of pyridine rings is 2. The van der Waals surface area contributed by atoms with Crippen molar-refractivity contribution in [3.63, 3.8) is 0 Å². The zero-order valence-electron chi connectivity index (χ0n) is 31.1. The fraction of sp³-hybridized carbons (Fsp3) is 0.167. The van der Waals surface area contributed by atoms with E-state index < -0.39 is 0 Å². The van der Waals surface area contributed by atoms with Crippen LogP contribution < -0.4 is 4.90 Å². The summed E-state index contributed by atoms with van der Waals surface area (Å²) >= 11 is 1.73. The second-order valence-electron chi connectivity index (χ2n) is 15.7. The second-order valence-corrected chi connectivity index (χ2v) is 16.8. The standard InChI is InChI=1S/C48H43N3OS/c1-47(2,3)34-28-39(45(52)40(29-34)48(4,5)6)44-46-38(37-19-10-11-20-42(37)53-46)30-41(50-44)33-17-14-18-36(27-33)51(43-21-12-13-26-49-43)35-24-22-32(23-25-35)31-15-8-7-9-16-31/h7-30,52H,1-6H3. The molecule has 0 aliphatic carbocycles. The molecule has 1 N–H and O–H groups in total. The third-order valence-corrected chi connectivity index (χ3v) is 11.1. The fourth-order valence-electron chi connectivity index (χ4n) is 7.01. The summed E-state index contributed by atoms with van der Waals surface area (Å²) in [6, 6.07) is 48.7. The van der Waals surface area contributed by atoms with Crippen LogP contribution in [0.5, 0.6) is 5.75 Å². The van der Waals surface area contributed by atoms with Crippen molar-refractivity contribution in [2.45, 2.75) is 52.4 Å². The Balaban J connectivity index is 1.33. The second kappa shape index (κ2) is 13.3. The van der Waals surface area contributed by atoms with Gasteiger partial charge in [-0.15, -0.1) is 11.3 Å². The van der Waals surface area contributed by atoms with E-state index >= 15 is 0 Å². The van der Waals surface area contributed by atoms with Crippen molar-refractivity contribution in [3.8, 4) is 39.4 Å². The summed E-state index contributed by atoms with van der Waals surface area (Å²) in [5.41, 5.74) is 9.41. The van der Waals surface area contributed by atoms with Crippen LogP contribution in [0.25, 0.3) is 53.8 Å². The molecule has 262 valence electrons. The number of rotatable bonds is 6. The molecular weight excluding hydrogens is 667 g/mol. The van der Waals surface area contributed by atoms with Gasteiger partial charge in [-0.1, -0.05) is 126 Å². The Hall–Kier alpha value is -5.78. The van der Waals surface area contributed by atoms with Crippen LogP contribution in [0, 0.1) is 0 Å². The summed E-state index contributed by atoms with van der Waals surface area (Å²) < 4.78 is 2.26. The van der Waals surface area contributed by atoms with E-state index in [2.05, 4.69) is 162 Å². The number of hydrogen-bond acceptors (Lipinski definition) is 5. The quantitative estimate of drug-likeness (QED) is 0.187. The molecule has 0 amide bonds. The molecule has 0 saturated heterocycles. The lowest BCUT2D eigenvalue weighted by Crippen LogP contribution is -2.17. The molecule has 8 aromatic rings. The molecule has 8 rings (SSSR count). The van der Waals surface area contributed by atoms with Gasteiger partial charge in [-0.3, -0.25) is 4.90 Å². The SMILES string of the molecule is CC(C)(C)c1cc(-c2nc(-c3cccc(N(c4ccc(-c5ccccc5)cc4)c4ccccn4)c3)cc3c2sc2ccccc23)c(O)c(C(C)(C)C)c1. The lowest BCUT2D eigenvalue weighted by Gasteiger charge is -2.27. The monoisotopic (exact) mass is 709 g/mol. The third-order valence-electron chi connectivity index (χ3n) is 9.91. The lowest BCUT2D eigenvalue weighted by atomic mass is 9.78. The topological polar surface area (TPSA) is 49.2 Å². The minimum absolute atomic E-state index is 0.123. The number of anilines is 3. The van der Waals surface area contributed by atoms with Crippen LogP contribution in [0.3, 0.4) is 0 Å². The van der Waals surface area contributed by atoms with Crippen molar-refractivity contribution in [2.75, 3.05) is 4.90 Å². The van der Waals surface area contributed by atoms with Gasteiger partial charge >= 0.3 is 0 Å². The molecule has 5 heteroatoms. The maximum atomic E-state index is 12.1. The number of benzene rings is 5. The van der Waals surface area contributed by atoms with Crippen LogP contribution in [0.4, 0.5) is 17.2 Å². The molecule has 3 aromatic heterocycles. The maximum absolute atomic E-state index is 12.1. The Morgan fingerprint density at radius 1 is 0.585 bits per heavy atom. The van der Waals surface area contributed by atoms with E-state index in [9.17, 15) is 5.11 Å². The molecule has 3 heterocycles. The highest BCUT2D eigenvalue weighted by Crippen LogP contribution is 2.47. The third kappa shape index (κ3) is 6.58. The molecule has 0 fully saturated rings. The highest BCUT2D eigenvalue weighted by molar-refractivity contribution is 7.26. The summed E-state index contributed by atoms with van der Waals surface area (Å²) in [7, 11) is 0. The average Bonchev–Trinajstić information content (AvgIpc) is 3.54. The highest BCUT2D eigenvalue weighted by atomic mass is 32.1. The number of phenols is 1. The average molecular weight is 710 g/mol. The van der Waals surface area contributed by atoms with Crippen molar-refractivity contribution in [1.29, 1.82) is 0 Å². The van der Waals surface area contributed by atoms with Crippen molar-refractivity contribution in [2.24, 2.45) is 0 Å². The molecule has 0 atom stereocenters. The molecule has 4 nitrogen and oxygen atoms in total. The van der Waals surface area contributed by atoms with Gasteiger partial charge in [0.25, 0.3) is 0 Å². The molecule has 53 heavy (non-hydrogen) atoms. The largest absolute Gasteiger partial charge is 0.507 e. The Kier molecular flexibility index (Phi) is 8.63. The number of aromatic hydroxyl groups is 1. The van der Waals surface area contributed by atoms with Crippen LogP contribution in [0.1, 0.15) is 52.7 Å². The van der Waals surface area contributed by atoms with Gasteiger partial charge in [0.2, 0.25) is 0 Å². The first-order valence-electron chi connectivity index (χ1n) is 18.1. The Morgan fingerprint density at radius 3 is 2.00 bits per heavy atom. The van der Waals surface area contributed by atoms with E-state index in [0.717, 1.165) is 60.9 Å². The van der Waals surface area contributed by atoms with Gasteiger partial charge in [-0.05, 0) is 82.1 Å². The van der Waals surface area contributed by atoms with Crippen molar-refractivity contribution < 1.29 is 5.11 Å². The van der Waals surface area contributed by atoms with Gasteiger partial charge in [-0.2, -0.15) is 0 Å². The highest BCUT2D eigenvalue weighted by Gasteiger charge is 2.28. The molecule has 0 bridgehead atoms. The number of aromatic nitrogens is 2. The molecule has 0 unspecified atom stereocenters. The van der Waals surface area contributed by atoms with Gasteiger partial charge in [-0.25, -0.2) is 9.97 Å². The summed E-state index contributed by atoms with van der Waals surface area (Å²) in [6.07, 6.45) is 1.83. The fourth-order valence-corrected chi connectivity index (χ4v) is 8.20. The number of phenolic OH excluding ortho intramolecular Hbond substituents is 1. The number of fused-ring (bicyclic) bond motifs is 3. The molecular formula is C48H43N3OS. The van der Waals surface area contributed by atoms with E-state index in [0.29, 0.717) is 5.75 Å². The van der Waals surface area contributed by atoms with Gasteiger partial charge in [0.15, 0.2) is 0 Å². The summed E-state index contributed by atoms with van der Waals surface area (Å²) in [5.74, 6) is 1.12. The van der Waals surface area contributed by atoms with E-state index in [-0.39, 0.29) is 10.8 Å². The van der Waals surface area contributed by atoms with E-state index in [1.807, 2.05) is 30.5 Å². The zero-order chi connectivity index (χ0) is 36.9. The van der Waals surface area contributed by atoms with Crippen LogP contribution in [-0.2, 0) is 10.8 Å². The maximum Gasteiger partial charge on any atom is 0.137 e. The number of thiophene rings is 1.